The number of hydrogen-bond acceptors (Lipinski definition) is 5. The zero-order chi connectivity index (χ0) is 18.0. The molecular formula is C17H15NO6S. The molecule has 3 rings (SSSR count). The molecule has 1 aliphatic rings. The van der Waals surface area contributed by atoms with Gasteiger partial charge in [-0.1, -0.05) is 18.2 Å². The van der Waals surface area contributed by atoms with E-state index in [1.54, 1.807) is 18.2 Å². The van der Waals surface area contributed by atoms with Crippen LogP contribution >= 0.6 is 0 Å². The Balaban J connectivity index is 1.69. The lowest BCUT2D eigenvalue weighted by Gasteiger charge is -2.07. The molecule has 2 aromatic carbocycles. The molecule has 0 aliphatic carbocycles. The van der Waals surface area contributed by atoms with E-state index in [1.807, 2.05) is 0 Å². The first-order chi connectivity index (χ1) is 11.9. The molecule has 0 bridgehead atoms. The standard InChI is InChI=1S/C17H15NO6S/c19-14(10-18-25(22,23)13-4-2-1-3-5-13)11-6-7-15-12(8-11)9-16(24-15)17(20)21/h1-8,16,18H,9-10H2,(H,20,21). The Morgan fingerprint density at radius 3 is 2.56 bits per heavy atom. The van der Waals surface area contributed by atoms with Gasteiger partial charge in [0.1, 0.15) is 5.75 Å². The highest BCUT2D eigenvalue weighted by Gasteiger charge is 2.29. The number of aliphatic carboxylic acids is 1. The molecule has 0 spiro atoms. The van der Waals surface area contributed by atoms with Gasteiger partial charge < -0.3 is 9.84 Å². The van der Waals surface area contributed by atoms with Crippen molar-refractivity contribution in [3.05, 3.63) is 59.7 Å². The van der Waals surface area contributed by atoms with E-state index >= 15 is 0 Å². The molecule has 1 unspecified atom stereocenters. The molecule has 0 aromatic heterocycles. The third kappa shape index (κ3) is 3.70. The van der Waals surface area contributed by atoms with E-state index in [1.165, 1.54) is 30.3 Å². The van der Waals surface area contributed by atoms with Gasteiger partial charge in [0.15, 0.2) is 11.9 Å². The predicted molar refractivity (Wildman–Crippen MR) is 88.2 cm³/mol. The summed E-state index contributed by atoms with van der Waals surface area (Å²) in [7, 11) is -3.77. The summed E-state index contributed by atoms with van der Waals surface area (Å²) < 4.78 is 31.8. The van der Waals surface area contributed by atoms with E-state index in [4.69, 9.17) is 9.84 Å². The second-order valence-corrected chi connectivity index (χ2v) is 7.30. The number of carbonyl (C=O) groups is 2. The third-order valence-electron chi connectivity index (χ3n) is 3.81. The SMILES string of the molecule is O=C(CNS(=O)(=O)c1ccccc1)c1ccc2c(c1)CC(C(=O)O)O2. The highest BCUT2D eigenvalue weighted by molar-refractivity contribution is 7.89. The summed E-state index contributed by atoms with van der Waals surface area (Å²) in [6.07, 6.45) is -0.793. The van der Waals surface area contributed by atoms with Crippen LogP contribution in [0, 0.1) is 0 Å². The van der Waals surface area contributed by atoms with E-state index < -0.39 is 27.9 Å². The summed E-state index contributed by atoms with van der Waals surface area (Å²) in [5.74, 6) is -1.06. The fourth-order valence-electron chi connectivity index (χ4n) is 2.51. The Morgan fingerprint density at radius 2 is 1.88 bits per heavy atom. The zero-order valence-corrected chi connectivity index (χ0v) is 13.8. The Bertz CT molecular complexity index is 923. The molecule has 2 aromatic rings. The number of Topliss-reactive ketones (excluding diaryl/α,β-unsaturated/α-hetero) is 1. The van der Waals surface area contributed by atoms with Crippen LogP contribution in [-0.2, 0) is 21.2 Å². The number of rotatable bonds is 6. The van der Waals surface area contributed by atoms with Gasteiger partial charge in [-0.25, -0.2) is 17.9 Å². The molecule has 130 valence electrons. The fourth-order valence-corrected chi connectivity index (χ4v) is 3.51. The maximum atomic E-state index is 12.3. The summed E-state index contributed by atoms with van der Waals surface area (Å²) in [6.45, 7) is -0.390. The normalized spacial score (nSPS) is 16.1. The van der Waals surface area contributed by atoms with E-state index in [9.17, 15) is 18.0 Å². The predicted octanol–water partition coefficient (Wildman–Crippen LogP) is 1.24. The number of nitrogens with one attached hydrogen (secondary N) is 1. The topological polar surface area (TPSA) is 110 Å². The van der Waals surface area contributed by atoms with Gasteiger partial charge in [-0.05, 0) is 35.9 Å². The van der Waals surface area contributed by atoms with E-state index in [-0.39, 0.29) is 17.9 Å². The molecule has 8 heteroatoms. The Hall–Kier alpha value is -2.71. The highest BCUT2D eigenvalue weighted by Crippen LogP contribution is 2.29. The van der Waals surface area contributed by atoms with Crippen LogP contribution in [0.3, 0.4) is 0 Å². The van der Waals surface area contributed by atoms with Crippen molar-refractivity contribution in [3.63, 3.8) is 0 Å². The summed E-state index contributed by atoms with van der Waals surface area (Å²) >= 11 is 0. The van der Waals surface area contributed by atoms with Crippen molar-refractivity contribution >= 4 is 21.8 Å². The van der Waals surface area contributed by atoms with Crippen LogP contribution in [0.15, 0.2) is 53.4 Å². The molecule has 1 heterocycles. The van der Waals surface area contributed by atoms with Crippen LogP contribution < -0.4 is 9.46 Å². The minimum absolute atomic E-state index is 0.0782. The monoisotopic (exact) mass is 361 g/mol. The van der Waals surface area contributed by atoms with Gasteiger partial charge in [0.05, 0.1) is 11.4 Å². The molecule has 1 aliphatic heterocycles. The Morgan fingerprint density at radius 1 is 1.16 bits per heavy atom. The molecule has 0 saturated heterocycles. The second-order valence-electron chi connectivity index (χ2n) is 5.53. The average Bonchev–Trinajstić information content (AvgIpc) is 3.04. The first kappa shape index (κ1) is 17.1. The van der Waals surface area contributed by atoms with Crippen molar-refractivity contribution < 1.29 is 27.9 Å². The van der Waals surface area contributed by atoms with Gasteiger partial charge in [0.25, 0.3) is 0 Å². The second kappa shape index (κ2) is 6.66. The van der Waals surface area contributed by atoms with Crippen LogP contribution in [0.5, 0.6) is 5.75 Å². The van der Waals surface area contributed by atoms with Gasteiger partial charge in [-0.3, -0.25) is 4.79 Å². The van der Waals surface area contributed by atoms with Crippen molar-refractivity contribution in [2.75, 3.05) is 6.54 Å². The minimum Gasteiger partial charge on any atom is -0.478 e. The largest absolute Gasteiger partial charge is 0.478 e. The smallest absolute Gasteiger partial charge is 0.345 e. The number of ether oxygens (including phenoxy) is 1. The molecule has 25 heavy (non-hydrogen) atoms. The van der Waals surface area contributed by atoms with Gasteiger partial charge in [0.2, 0.25) is 10.0 Å². The van der Waals surface area contributed by atoms with Crippen molar-refractivity contribution in [3.8, 4) is 5.75 Å². The van der Waals surface area contributed by atoms with Crippen molar-refractivity contribution in [2.45, 2.75) is 17.4 Å². The number of carboxylic acids is 1. The van der Waals surface area contributed by atoms with E-state index in [2.05, 4.69) is 4.72 Å². The van der Waals surface area contributed by atoms with Crippen molar-refractivity contribution in [1.29, 1.82) is 0 Å². The third-order valence-corrected chi connectivity index (χ3v) is 5.23. The maximum absolute atomic E-state index is 12.3. The Labute approximate surface area is 144 Å². The fraction of sp³-hybridized carbons (Fsp3) is 0.176. The Kier molecular flexibility index (Phi) is 4.56. The van der Waals surface area contributed by atoms with E-state index in [0.29, 0.717) is 16.9 Å². The molecular weight excluding hydrogens is 346 g/mol. The summed E-state index contributed by atoms with van der Waals surface area (Å²) in [4.78, 5) is 23.3. The van der Waals surface area contributed by atoms with Gasteiger partial charge >= 0.3 is 5.97 Å². The molecule has 0 radical (unpaired) electrons. The molecule has 7 nitrogen and oxygen atoms in total. The molecule has 0 amide bonds. The summed E-state index contributed by atoms with van der Waals surface area (Å²) in [5.41, 5.74) is 0.910. The first-order valence-corrected chi connectivity index (χ1v) is 8.95. The number of hydrogen-bond donors (Lipinski definition) is 2. The van der Waals surface area contributed by atoms with Gasteiger partial charge in [0, 0.05) is 12.0 Å². The van der Waals surface area contributed by atoms with Crippen LogP contribution in [0.1, 0.15) is 15.9 Å². The molecule has 0 saturated carbocycles. The van der Waals surface area contributed by atoms with Crippen molar-refractivity contribution in [1.82, 2.24) is 4.72 Å². The quantitative estimate of drug-likeness (QED) is 0.749. The zero-order valence-electron chi connectivity index (χ0n) is 13.0. The summed E-state index contributed by atoms with van der Waals surface area (Å²) in [6, 6.07) is 12.3. The number of carbonyl (C=O) groups excluding carboxylic acids is 1. The number of sulfonamides is 1. The number of benzene rings is 2. The molecule has 0 fully saturated rings. The minimum atomic E-state index is -3.77. The lowest BCUT2D eigenvalue weighted by Crippen LogP contribution is -2.29. The number of ketones is 1. The lowest BCUT2D eigenvalue weighted by atomic mass is 10.0. The number of fused-ring (bicyclic) bond motifs is 1. The van der Waals surface area contributed by atoms with Gasteiger partial charge in [-0.15, -0.1) is 0 Å². The van der Waals surface area contributed by atoms with Crippen LogP contribution in [0.2, 0.25) is 0 Å². The van der Waals surface area contributed by atoms with Gasteiger partial charge in [-0.2, -0.15) is 0 Å². The first-order valence-electron chi connectivity index (χ1n) is 7.47. The average molecular weight is 361 g/mol. The van der Waals surface area contributed by atoms with Crippen LogP contribution in [0.25, 0.3) is 0 Å². The summed E-state index contributed by atoms with van der Waals surface area (Å²) in [5, 5.41) is 8.98. The molecule has 2 N–H and O–H groups in total. The number of carboxylic acid groups (broad SMARTS) is 1. The molecule has 1 atom stereocenters. The van der Waals surface area contributed by atoms with E-state index in [0.717, 1.165) is 0 Å². The maximum Gasteiger partial charge on any atom is 0.345 e. The lowest BCUT2D eigenvalue weighted by molar-refractivity contribution is -0.144. The van der Waals surface area contributed by atoms with Crippen molar-refractivity contribution in [2.24, 2.45) is 0 Å². The van der Waals surface area contributed by atoms with Crippen LogP contribution in [-0.4, -0.2) is 37.9 Å². The highest BCUT2D eigenvalue weighted by atomic mass is 32.2. The van der Waals surface area contributed by atoms with Crippen LogP contribution in [0.4, 0.5) is 0 Å².